The van der Waals surface area contributed by atoms with Crippen LogP contribution in [0.25, 0.3) is 0 Å². The number of nitrogens with two attached hydrogens (primary N) is 1. The molecule has 1 spiro atoms. The molecule has 1 aliphatic carbocycles. The molecule has 0 radical (unpaired) electrons. The highest BCUT2D eigenvalue weighted by molar-refractivity contribution is 5.80. The summed E-state index contributed by atoms with van der Waals surface area (Å²) in [6.45, 7) is -0.696. The summed E-state index contributed by atoms with van der Waals surface area (Å²) in [6, 6.07) is 0. The van der Waals surface area contributed by atoms with Crippen LogP contribution in [0, 0.1) is 5.92 Å². The molecule has 5 heterocycles. The quantitative estimate of drug-likeness (QED) is 0.281. The Bertz CT molecular complexity index is 574. The number of hydrogen-bond donors (Lipinski definition) is 6. The van der Waals surface area contributed by atoms with Crippen molar-refractivity contribution in [1.82, 2.24) is 5.32 Å². The maximum Gasteiger partial charge on any atom is 0.311 e. The minimum atomic E-state index is -2.13. The molecule has 4 saturated heterocycles. The average Bonchev–Trinajstić information content (AvgIpc) is 2.59. The Kier molecular flexibility index (Phi) is 1.89. The highest BCUT2D eigenvalue weighted by Crippen LogP contribution is 2.63. The van der Waals surface area contributed by atoms with E-state index >= 15 is 0 Å². The lowest BCUT2D eigenvalue weighted by atomic mass is 9.56. The third-order valence-electron chi connectivity index (χ3n) is 5.44. The third-order valence-corrected chi connectivity index (χ3v) is 5.44. The van der Waals surface area contributed by atoms with Crippen molar-refractivity contribution < 1.29 is 34.6 Å². The summed E-state index contributed by atoms with van der Waals surface area (Å²) in [4.78, 5) is 4.09. The highest BCUT2D eigenvalue weighted by Gasteiger charge is 2.86. The monoisotopic (exact) mass is 301 g/mol. The van der Waals surface area contributed by atoms with E-state index in [2.05, 4.69) is 10.3 Å². The summed E-state index contributed by atoms with van der Waals surface area (Å²) in [5.74, 6) is -2.66. The molecule has 0 aromatic heterocycles. The van der Waals surface area contributed by atoms with E-state index in [9.17, 15) is 20.4 Å². The Labute approximate surface area is 118 Å². The highest BCUT2D eigenvalue weighted by atomic mass is 16.9. The first-order chi connectivity index (χ1) is 9.87. The molecule has 116 valence electrons. The summed E-state index contributed by atoms with van der Waals surface area (Å²) >= 11 is 0. The van der Waals surface area contributed by atoms with E-state index in [-0.39, 0.29) is 5.96 Å². The fourth-order valence-corrected chi connectivity index (χ4v) is 4.65. The summed E-state index contributed by atoms with van der Waals surface area (Å²) in [5.41, 5.74) is 2.70. The minimum absolute atomic E-state index is 0.0795. The number of guanidine groups is 1. The second-order valence-electron chi connectivity index (χ2n) is 6.31. The van der Waals surface area contributed by atoms with Gasteiger partial charge in [0.2, 0.25) is 0 Å². The van der Waals surface area contributed by atoms with Crippen molar-refractivity contribution in [3.8, 4) is 0 Å². The number of hydrogen-bond acceptors (Lipinski definition) is 10. The molecular formula is C11H15N3O7. The van der Waals surface area contributed by atoms with Crippen LogP contribution < -0.4 is 11.1 Å². The minimum Gasteiger partial charge on any atom is -0.393 e. The maximum absolute atomic E-state index is 10.7. The summed E-state index contributed by atoms with van der Waals surface area (Å²) in [5, 5.41) is 44.4. The average molecular weight is 301 g/mol. The largest absolute Gasteiger partial charge is 0.393 e. The number of nitrogens with zero attached hydrogens (tertiary/aromatic N) is 1. The Morgan fingerprint density at radius 2 is 2.00 bits per heavy atom. The predicted octanol–water partition coefficient (Wildman–Crippen LogP) is -4.47. The van der Waals surface area contributed by atoms with Crippen molar-refractivity contribution >= 4 is 5.96 Å². The van der Waals surface area contributed by atoms with Crippen molar-refractivity contribution in [2.24, 2.45) is 16.6 Å². The Morgan fingerprint density at radius 3 is 2.71 bits per heavy atom. The van der Waals surface area contributed by atoms with E-state index in [1.165, 1.54) is 0 Å². The van der Waals surface area contributed by atoms with Crippen molar-refractivity contribution in [2.45, 2.75) is 47.8 Å². The third kappa shape index (κ3) is 1.03. The number of rotatable bonds is 1. The van der Waals surface area contributed by atoms with E-state index in [1.807, 2.05) is 0 Å². The Hall–Kier alpha value is -1.01. The molecule has 0 aromatic rings. The lowest BCUT2D eigenvalue weighted by Crippen LogP contribution is -2.92. The van der Waals surface area contributed by atoms with E-state index in [4.69, 9.17) is 19.9 Å². The van der Waals surface area contributed by atoms with Crippen molar-refractivity contribution in [1.29, 1.82) is 0 Å². The number of aliphatic imine (C=N–C) groups is 1. The van der Waals surface area contributed by atoms with Gasteiger partial charge in [-0.05, 0) is 0 Å². The summed E-state index contributed by atoms with van der Waals surface area (Å²) < 4.78 is 16.4. The van der Waals surface area contributed by atoms with Gasteiger partial charge in [-0.2, -0.15) is 0 Å². The summed E-state index contributed by atoms with van der Waals surface area (Å²) in [7, 11) is 0. The van der Waals surface area contributed by atoms with Crippen LogP contribution in [0.2, 0.25) is 0 Å². The maximum atomic E-state index is 10.7. The number of aliphatic hydroxyl groups is 4. The first-order valence-corrected chi connectivity index (χ1v) is 6.73. The lowest BCUT2D eigenvalue weighted by molar-refractivity contribution is -0.529. The first-order valence-electron chi connectivity index (χ1n) is 6.73. The summed E-state index contributed by atoms with van der Waals surface area (Å²) in [6.07, 6.45) is -5.35. The van der Waals surface area contributed by atoms with Gasteiger partial charge >= 0.3 is 5.97 Å². The smallest absolute Gasteiger partial charge is 0.311 e. The molecule has 7 N–H and O–H groups in total. The normalized spacial score (nSPS) is 66.2. The predicted molar refractivity (Wildman–Crippen MR) is 62.4 cm³/mol. The van der Waals surface area contributed by atoms with E-state index < -0.39 is 60.3 Å². The van der Waals surface area contributed by atoms with Crippen molar-refractivity contribution in [3.05, 3.63) is 0 Å². The SMILES string of the molecule is NC1=NC2O[C@@H]3C4(O)OC5C2C3(N1)[C@H](O)C(O4)C5(O)CO. The number of aliphatic hydroxyl groups excluding tert-OH is 2. The zero-order valence-electron chi connectivity index (χ0n) is 10.7. The molecule has 21 heavy (non-hydrogen) atoms. The van der Waals surface area contributed by atoms with Gasteiger partial charge in [0, 0.05) is 0 Å². The standard InChI is InChI=1S/C11H15N3O7/c12-8-13-6-2-4-9(17,1-15)5-3(16)10(2,14-8)7(19-6)11(18,20-4)21-5/h2-7,15-18H,1H2,(H3,12,13,14)/t2?,3-,4?,5?,6?,7+,9?,10?,11?/m1/s1. The number of ether oxygens (including phenoxy) is 3. The van der Waals surface area contributed by atoms with Gasteiger partial charge in [0.15, 0.2) is 18.3 Å². The number of nitrogens with one attached hydrogen (secondary N) is 1. The van der Waals surface area contributed by atoms with Gasteiger partial charge in [-0.1, -0.05) is 0 Å². The molecule has 7 bridgehead atoms. The zero-order chi connectivity index (χ0) is 14.8. The molecule has 7 unspecified atom stereocenters. The lowest BCUT2D eigenvalue weighted by Gasteiger charge is -2.68. The van der Waals surface area contributed by atoms with Crippen LogP contribution >= 0.6 is 0 Å². The van der Waals surface area contributed by atoms with Crippen LogP contribution in [0.15, 0.2) is 4.99 Å². The fourth-order valence-electron chi connectivity index (χ4n) is 4.65. The van der Waals surface area contributed by atoms with Crippen LogP contribution in [0.4, 0.5) is 0 Å². The molecule has 10 nitrogen and oxygen atoms in total. The van der Waals surface area contributed by atoms with E-state index in [0.717, 1.165) is 0 Å². The van der Waals surface area contributed by atoms with Gasteiger partial charge in [-0.3, -0.25) is 0 Å². The van der Waals surface area contributed by atoms with Gasteiger partial charge in [-0.25, -0.2) is 4.99 Å². The van der Waals surface area contributed by atoms with Crippen LogP contribution in [0.1, 0.15) is 0 Å². The molecular weight excluding hydrogens is 286 g/mol. The van der Waals surface area contributed by atoms with Crippen molar-refractivity contribution in [2.75, 3.05) is 6.61 Å². The van der Waals surface area contributed by atoms with Gasteiger partial charge in [-0.15, -0.1) is 0 Å². The molecule has 0 aromatic carbocycles. The molecule has 1 saturated carbocycles. The van der Waals surface area contributed by atoms with Crippen LogP contribution in [0.5, 0.6) is 0 Å². The molecule has 5 fully saturated rings. The topological polar surface area (TPSA) is 159 Å². The second kappa shape index (κ2) is 3.18. The molecule has 6 aliphatic rings. The second-order valence-corrected chi connectivity index (χ2v) is 6.31. The zero-order valence-corrected chi connectivity index (χ0v) is 10.7. The molecule has 9 atom stereocenters. The fraction of sp³-hybridized carbons (Fsp3) is 0.909. The van der Waals surface area contributed by atoms with Gasteiger partial charge in [0.1, 0.15) is 29.5 Å². The Balaban J connectivity index is 1.77. The van der Waals surface area contributed by atoms with Gasteiger partial charge < -0.3 is 45.7 Å². The molecule has 10 heteroatoms. The van der Waals surface area contributed by atoms with Gasteiger partial charge in [0.25, 0.3) is 0 Å². The molecule has 6 rings (SSSR count). The van der Waals surface area contributed by atoms with E-state index in [0.29, 0.717) is 0 Å². The van der Waals surface area contributed by atoms with Crippen molar-refractivity contribution in [3.63, 3.8) is 0 Å². The molecule has 0 amide bonds. The Morgan fingerprint density at radius 1 is 1.29 bits per heavy atom. The van der Waals surface area contributed by atoms with Crippen LogP contribution in [0.3, 0.4) is 0 Å². The van der Waals surface area contributed by atoms with Gasteiger partial charge in [0.05, 0.1) is 12.5 Å². The van der Waals surface area contributed by atoms with E-state index in [1.54, 1.807) is 0 Å². The first kappa shape index (κ1) is 12.5. The van der Waals surface area contributed by atoms with Crippen LogP contribution in [-0.4, -0.2) is 80.7 Å². The molecule has 5 aliphatic heterocycles. The van der Waals surface area contributed by atoms with Crippen LogP contribution in [-0.2, 0) is 14.2 Å².